The van der Waals surface area contributed by atoms with Crippen LogP contribution in [0, 0.1) is 13.8 Å². The largest absolute Gasteiger partial charge is 0.336 e. The summed E-state index contributed by atoms with van der Waals surface area (Å²) in [6, 6.07) is 1.97. The average molecular weight is 387 g/mol. The molecule has 7 heteroatoms. The number of aryl methyl sites for hydroxylation is 2. The Morgan fingerprint density at radius 3 is 2.54 bits per heavy atom. The van der Waals surface area contributed by atoms with Crippen molar-refractivity contribution in [1.29, 1.82) is 0 Å². The highest BCUT2D eigenvalue weighted by molar-refractivity contribution is 5.92. The van der Waals surface area contributed by atoms with E-state index < -0.39 is 0 Å². The number of imidazole rings is 1. The van der Waals surface area contributed by atoms with Gasteiger partial charge in [0.15, 0.2) is 0 Å². The van der Waals surface area contributed by atoms with Gasteiger partial charge in [0.25, 0.3) is 5.91 Å². The zero-order chi connectivity index (χ0) is 20.4. The molecule has 3 rings (SSSR count). The van der Waals surface area contributed by atoms with Crippen LogP contribution in [-0.2, 0) is 20.1 Å². The lowest BCUT2D eigenvalue weighted by molar-refractivity contribution is 0.0748. The van der Waals surface area contributed by atoms with E-state index in [0.29, 0.717) is 12.5 Å². The van der Waals surface area contributed by atoms with Gasteiger partial charge in [-0.3, -0.25) is 14.4 Å². The van der Waals surface area contributed by atoms with Crippen LogP contribution in [0.5, 0.6) is 0 Å². The molecule has 1 fully saturated rings. The van der Waals surface area contributed by atoms with Gasteiger partial charge in [0.05, 0.1) is 17.9 Å². The molecule has 154 valence electrons. The van der Waals surface area contributed by atoms with Crippen LogP contribution in [0.1, 0.15) is 66.5 Å². The second-order valence-electron chi connectivity index (χ2n) is 8.10. The molecule has 0 aliphatic carbocycles. The molecule has 0 spiro atoms. The van der Waals surface area contributed by atoms with Crippen LogP contribution in [-0.4, -0.2) is 61.2 Å². The van der Waals surface area contributed by atoms with Gasteiger partial charge in [-0.05, 0) is 39.2 Å². The molecule has 0 bridgehead atoms. The first-order valence-corrected chi connectivity index (χ1v) is 10.4. The zero-order valence-corrected chi connectivity index (χ0v) is 18.2. The van der Waals surface area contributed by atoms with E-state index in [1.807, 2.05) is 22.6 Å². The third-order valence-electron chi connectivity index (χ3n) is 5.86. The second kappa shape index (κ2) is 8.47. The number of hydrogen-bond acceptors (Lipinski definition) is 4. The van der Waals surface area contributed by atoms with Gasteiger partial charge in [0.1, 0.15) is 11.5 Å². The quantitative estimate of drug-likeness (QED) is 0.793. The van der Waals surface area contributed by atoms with Gasteiger partial charge in [-0.15, -0.1) is 0 Å². The maximum atomic E-state index is 13.2. The van der Waals surface area contributed by atoms with Gasteiger partial charge in [-0.2, -0.15) is 5.10 Å². The van der Waals surface area contributed by atoms with E-state index in [-0.39, 0.29) is 5.91 Å². The molecule has 2 aromatic heterocycles. The number of aromatic nitrogens is 4. The first kappa shape index (κ1) is 20.6. The lowest BCUT2D eigenvalue weighted by Gasteiger charge is -2.22. The van der Waals surface area contributed by atoms with Gasteiger partial charge in [-0.25, -0.2) is 4.98 Å². The van der Waals surface area contributed by atoms with Crippen molar-refractivity contribution in [1.82, 2.24) is 29.1 Å². The van der Waals surface area contributed by atoms with Gasteiger partial charge in [0.2, 0.25) is 0 Å². The summed E-state index contributed by atoms with van der Waals surface area (Å²) in [7, 11) is 2.08. The van der Waals surface area contributed by atoms with Crippen molar-refractivity contribution in [2.45, 2.75) is 60.0 Å². The van der Waals surface area contributed by atoms with E-state index in [0.717, 1.165) is 62.1 Å². The van der Waals surface area contributed by atoms with E-state index in [9.17, 15) is 4.79 Å². The highest BCUT2D eigenvalue weighted by Crippen LogP contribution is 2.18. The van der Waals surface area contributed by atoms with Crippen LogP contribution in [0.4, 0.5) is 0 Å². The standard InChI is InChI=1S/C21H34N6O/c1-7-27-19(13-18(23-27)15(2)3)21(28)26-10-8-9-25(11-12-26)14-20-22-16(4)17(5)24(20)6/h13,15H,7-12,14H2,1-6H3. The minimum Gasteiger partial charge on any atom is -0.336 e. The van der Waals surface area contributed by atoms with Gasteiger partial charge in [-0.1, -0.05) is 13.8 Å². The molecule has 7 nitrogen and oxygen atoms in total. The molecule has 1 amide bonds. The van der Waals surface area contributed by atoms with Crippen molar-refractivity contribution in [2.24, 2.45) is 7.05 Å². The van der Waals surface area contributed by atoms with Crippen molar-refractivity contribution in [3.63, 3.8) is 0 Å². The summed E-state index contributed by atoms with van der Waals surface area (Å²) in [5.41, 5.74) is 4.02. The molecular formula is C21H34N6O. The summed E-state index contributed by atoms with van der Waals surface area (Å²) in [5, 5.41) is 4.61. The molecule has 0 N–H and O–H groups in total. The maximum Gasteiger partial charge on any atom is 0.272 e. The van der Waals surface area contributed by atoms with Crippen LogP contribution >= 0.6 is 0 Å². The number of nitrogens with zero attached hydrogens (tertiary/aromatic N) is 6. The summed E-state index contributed by atoms with van der Waals surface area (Å²) in [4.78, 5) is 22.3. The second-order valence-corrected chi connectivity index (χ2v) is 8.10. The Bertz CT molecular complexity index is 834. The molecule has 1 aliphatic rings. The van der Waals surface area contributed by atoms with Crippen LogP contribution in [0.25, 0.3) is 0 Å². The molecule has 0 atom stereocenters. The van der Waals surface area contributed by atoms with Crippen molar-refractivity contribution < 1.29 is 4.79 Å². The summed E-state index contributed by atoms with van der Waals surface area (Å²) in [6.07, 6.45) is 0.978. The predicted molar refractivity (Wildman–Crippen MR) is 110 cm³/mol. The lowest BCUT2D eigenvalue weighted by Crippen LogP contribution is -2.36. The Hall–Kier alpha value is -2.15. The monoisotopic (exact) mass is 386 g/mol. The van der Waals surface area contributed by atoms with Crippen molar-refractivity contribution in [2.75, 3.05) is 26.2 Å². The Kier molecular flexibility index (Phi) is 6.23. The minimum atomic E-state index is 0.104. The zero-order valence-electron chi connectivity index (χ0n) is 18.2. The molecule has 0 saturated carbocycles. The smallest absolute Gasteiger partial charge is 0.272 e. The van der Waals surface area contributed by atoms with Crippen molar-refractivity contribution in [3.05, 3.63) is 34.7 Å². The average Bonchev–Trinajstić information content (AvgIpc) is 3.10. The number of carbonyl (C=O) groups is 1. The Labute approximate surface area is 168 Å². The SMILES string of the molecule is CCn1nc(C(C)C)cc1C(=O)N1CCCN(Cc2nc(C)c(C)n2C)CC1. The summed E-state index contributed by atoms with van der Waals surface area (Å²) in [5.74, 6) is 1.52. The molecule has 1 saturated heterocycles. The highest BCUT2D eigenvalue weighted by Gasteiger charge is 2.25. The Balaban J connectivity index is 1.68. The fourth-order valence-corrected chi connectivity index (χ4v) is 3.75. The van der Waals surface area contributed by atoms with E-state index in [2.05, 4.69) is 49.3 Å². The van der Waals surface area contributed by atoms with Crippen molar-refractivity contribution >= 4 is 5.91 Å². The normalized spacial score (nSPS) is 16.0. The Morgan fingerprint density at radius 1 is 1.18 bits per heavy atom. The highest BCUT2D eigenvalue weighted by atomic mass is 16.2. The molecule has 1 aliphatic heterocycles. The topological polar surface area (TPSA) is 59.2 Å². The summed E-state index contributed by atoms with van der Waals surface area (Å²) >= 11 is 0. The minimum absolute atomic E-state index is 0.104. The van der Waals surface area contributed by atoms with E-state index in [1.165, 1.54) is 5.69 Å². The van der Waals surface area contributed by atoms with Crippen LogP contribution < -0.4 is 0 Å². The molecular weight excluding hydrogens is 352 g/mol. The predicted octanol–water partition coefficient (Wildman–Crippen LogP) is 2.72. The van der Waals surface area contributed by atoms with Crippen LogP contribution in [0.15, 0.2) is 6.07 Å². The molecule has 0 aromatic carbocycles. The molecule has 28 heavy (non-hydrogen) atoms. The van der Waals surface area contributed by atoms with Gasteiger partial charge in [0, 0.05) is 45.5 Å². The third kappa shape index (κ3) is 4.14. The maximum absolute atomic E-state index is 13.2. The molecule has 0 radical (unpaired) electrons. The molecule has 0 unspecified atom stereocenters. The van der Waals surface area contributed by atoms with E-state index >= 15 is 0 Å². The number of hydrogen-bond donors (Lipinski definition) is 0. The first-order valence-electron chi connectivity index (χ1n) is 10.4. The summed E-state index contributed by atoms with van der Waals surface area (Å²) in [6.45, 7) is 15.4. The Morgan fingerprint density at radius 2 is 1.93 bits per heavy atom. The van der Waals surface area contributed by atoms with Gasteiger partial charge < -0.3 is 9.47 Å². The van der Waals surface area contributed by atoms with Crippen LogP contribution in [0.2, 0.25) is 0 Å². The molecule has 3 heterocycles. The van der Waals surface area contributed by atoms with E-state index in [1.54, 1.807) is 0 Å². The lowest BCUT2D eigenvalue weighted by atomic mass is 10.1. The van der Waals surface area contributed by atoms with Crippen molar-refractivity contribution in [3.8, 4) is 0 Å². The third-order valence-corrected chi connectivity index (χ3v) is 5.86. The van der Waals surface area contributed by atoms with Gasteiger partial charge >= 0.3 is 0 Å². The summed E-state index contributed by atoms with van der Waals surface area (Å²) < 4.78 is 4.02. The van der Waals surface area contributed by atoms with Crippen LogP contribution in [0.3, 0.4) is 0 Å². The number of rotatable bonds is 5. The fraction of sp³-hybridized carbons (Fsp3) is 0.667. The number of amides is 1. The first-order chi connectivity index (χ1) is 13.3. The molecule has 2 aromatic rings. The fourth-order valence-electron chi connectivity index (χ4n) is 3.75. The van der Waals surface area contributed by atoms with E-state index in [4.69, 9.17) is 4.98 Å². The number of carbonyl (C=O) groups excluding carboxylic acids is 1.